The van der Waals surface area contributed by atoms with Crippen molar-refractivity contribution in [2.24, 2.45) is 0 Å². The van der Waals surface area contributed by atoms with Gasteiger partial charge in [0.25, 0.3) is 5.91 Å². The van der Waals surface area contributed by atoms with Gasteiger partial charge in [0.15, 0.2) is 5.82 Å². The highest BCUT2D eigenvalue weighted by Crippen LogP contribution is 2.24. The zero-order valence-corrected chi connectivity index (χ0v) is 12.9. The molecule has 22 heavy (non-hydrogen) atoms. The third-order valence-electron chi connectivity index (χ3n) is 2.60. The quantitative estimate of drug-likeness (QED) is 0.730. The lowest BCUT2D eigenvalue weighted by molar-refractivity contribution is 0.0962. The molecule has 8 heteroatoms. The second-order valence-corrected chi connectivity index (χ2v) is 5.13. The third-order valence-corrected chi connectivity index (χ3v) is 2.85. The molecule has 0 aliphatic carbocycles. The monoisotopic (exact) mass is 321 g/mol. The number of aromatic nitrogens is 2. The van der Waals surface area contributed by atoms with Crippen molar-refractivity contribution in [3.8, 4) is 5.88 Å². The van der Waals surface area contributed by atoms with Crippen LogP contribution in [0.2, 0.25) is 5.02 Å². The predicted octanol–water partition coefficient (Wildman–Crippen LogP) is 2.26. The van der Waals surface area contributed by atoms with Crippen LogP contribution < -0.4 is 21.3 Å². The molecule has 0 saturated heterocycles. The minimum absolute atomic E-state index is 0.0753. The van der Waals surface area contributed by atoms with E-state index in [1.165, 1.54) is 6.33 Å². The number of amides is 1. The standard InChI is InChI=1S/C14H16ClN5O2/c1-8(2)22-14-11(16)12(17-7-18-14)19-20-13(21)9-3-5-10(15)6-4-9/h3-8H,16H2,1-2H3,(H,20,21)(H,17,18,19). The first kappa shape index (κ1) is 15.8. The molecule has 2 rings (SSSR count). The van der Waals surface area contributed by atoms with Crippen LogP contribution in [-0.4, -0.2) is 22.0 Å². The highest BCUT2D eigenvalue weighted by molar-refractivity contribution is 6.30. The lowest BCUT2D eigenvalue weighted by Crippen LogP contribution is -2.30. The molecule has 0 atom stereocenters. The fourth-order valence-electron chi connectivity index (χ4n) is 1.59. The number of nitrogen functional groups attached to an aromatic ring is 1. The fourth-order valence-corrected chi connectivity index (χ4v) is 1.71. The van der Waals surface area contributed by atoms with Crippen LogP contribution in [0.25, 0.3) is 0 Å². The summed E-state index contributed by atoms with van der Waals surface area (Å²) in [4.78, 5) is 19.9. The molecule has 0 radical (unpaired) electrons. The van der Waals surface area contributed by atoms with E-state index in [9.17, 15) is 4.79 Å². The third kappa shape index (κ3) is 3.98. The molecule has 1 heterocycles. The topological polar surface area (TPSA) is 102 Å². The lowest BCUT2D eigenvalue weighted by Gasteiger charge is -2.14. The SMILES string of the molecule is CC(C)Oc1ncnc(NNC(=O)c2ccc(Cl)cc2)c1N. The van der Waals surface area contributed by atoms with E-state index in [1.54, 1.807) is 24.3 Å². The minimum atomic E-state index is -0.346. The molecule has 0 bridgehead atoms. The summed E-state index contributed by atoms with van der Waals surface area (Å²) >= 11 is 5.77. The van der Waals surface area contributed by atoms with Gasteiger partial charge >= 0.3 is 0 Å². The summed E-state index contributed by atoms with van der Waals surface area (Å²) in [7, 11) is 0. The van der Waals surface area contributed by atoms with Gasteiger partial charge in [-0.2, -0.15) is 4.98 Å². The van der Waals surface area contributed by atoms with Crippen molar-refractivity contribution in [1.82, 2.24) is 15.4 Å². The zero-order chi connectivity index (χ0) is 16.1. The molecule has 2 aromatic rings. The lowest BCUT2D eigenvalue weighted by atomic mass is 10.2. The van der Waals surface area contributed by atoms with Crippen LogP contribution in [-0.2, 0) is 0 Å². The van der Waals surface area contributed by atoms with Gasteiger partial charge in [0.2, 0.25) is 5.88 Å². The average molecular weight is 322 g/mol. The van der Waals surface area contributed by atoms with Gasteiger partial charge in [0, 0.05) is 10.6 Å². The molecule has 0 fully saturated rings. The summed E-state index contributed by atoms with van der Waals surface area (Å²) in [6, 6.07) is 6.47. The number of nitrogens with one attached hydrogen (secondary N) is 2. The highest BCUT2D eigenvalue weighted by atomic mass is 35.5. The van der Waals surface area contributed by atoms with E-state index in [0.29, 0.717) is 10.6 Å². The number of carbonyl (C=O) groups is 1. The molecule has 1 aromatic heterocycles. The Morgan fingerprint density at radius 2 is 1.95 bits per heavy atom. The van der Waals surface area contributed by atoms with E-state index in [0.717, 1.165) is 0 Å². The second-order valence-electron chi connectivity index (χ2n) is 4.69. The summed E-state index contributed by atoms with van der Waals surface area (Å²) < 4.78 is 5.45. The van der Waals surface area contributed by atoms with Crippen molar-refractivity contribution >= 4 is 29.0 Å². The van der Waals surface area contributed by atoms with Crippen LogP contribution in [0, 0.1) is 0 Å². The van der Waals surface area contributed by atoms with Crippen molar-refractivity contribution in [3.63, 3.8) is 0 Å². The smallest absolute Gasteiger partial charge is 0.269 e. The molecule has 116 valence electrons. The Hall–Kier alpha value is -2.54. The van der Waals surface area contributed by atoms with Gasteiger partial charge < -0.3 is 10.5 Å². The Morgan fingerprint density at radius 3 is 2.59 bits per heavy atom. The molecule has 0 aliphatic heterocycles. The Kier molecular flexibility index (Phi) is 5.00. The first-order valence-electron chi connectivity index (χ1n) is 6.56. The second kappa shape index (κ2) is 6.95. The van der Waals surface area contributed by atoms with E-state index < -0.39 is 0 Å². The molecular formula is C14H16ClN5O2. The maximum atomic E-state index is 12.0. The van der Waals surface area contributed by atoms with Crippen LogP contribution in [0.1, 0.15) is 24.2 Å². The van der Waals surface area contributed by atoms with Gasteiger partial charge in [-0.15, -0.1) is 0 Å². The number of rotatable bonds is 5. The molecule has 1 amide bonds. The number of nitrogens with zero attached hydrogens (tertiary/aromatic N) is 2. The number of anilines is 2. The Morgan fingerprint density at radius 1 is 1.27 bits per heavy atom. The van der Waals surface area contributed by atoms with Gasteiger partial charge in [0.1, 0.15) is 12.0 Å². The van der Waals surface area contributed by atoms with Gasteiger partial charge in [-0.25, -0.2) is 4.98 Å². The van der Waals surface area contributed by atoms with Crippen molar-refractivity contribution < 1.29 is 9.53 Å². The summed E-state index contributed by atoms with van der Waals surface area (Å²) in [5.74, 6) is 0.169. The Labute approximate surface area is 132 Å². The summed E-state index contributed by atoms with van der Waals surface area (Å²) in [5.41, 5.74) is 11.7. The average Bonchev–Trinajstić information content (AvgIpc) is 2.48. The molecule has 0 aliphatic rings. The van der Waals surface area contributed by atoms with Crippen molar-refractivity contribution in [1.29, 1.82) is 0 Å². The normalized spacial score (nSPS) is 10.4. The molecular weight excluding hydrogens is 306 g/mol. The van der Waals surface area contributed by atoms with Crippen LogP contribution >= 0.6 is 11.6 Å². The molecule has 4 N–H and O–H groups in total. The minimum Gasteiger partial charge on any atom is -0.473 e. The summed E-state index contributed by atoms with van der Waals surface area (Å²) in [6.07, 6.45) is 1.22. The molecule has 0 unspecified atom stereocenters. The van der Waals surface area contributed by atoms with E-state index >= 15 is 0 Å². The van der Waals surface area contributed by atoms with Crippen LogP contribution in [0.3, 0.4) is 0 Å². The van der Waals surface area contributed by atoms with Gasteiger partial charge in [0.05, 0.1) is 6.10 Å². The van der Waals surface area contributed by atoms with Crippen LogP contribution in [0.4, 0.5) is 11.5 Å². The molecule has 0 spiro atoms. The molecule has 0 saturated carbocycles. The number of hydrogen-bond acceptors (Lipinski definition) is 6. The van der Waals surface area contributed by atoms with E-state index in [4.69, 9.17) is 22.1 Å². The van der Waals surface area contributed by atoms with E-state index in [1.807, 2.05) is 13.8 Å². The Balaban J connectivity index is 2.05. The van der Waals surface area contributed by atoms with Gasteiger partial charge in [-0.05, 0) is 38.1 Å². The largest absolute Gasteiger partial charge is 0.473 e. The van der Waals surface area contributed by atoms with Crippen molar-refractivity contribution in [2.75, 3.05) is 11.2 Å². The maximum Gasteiger partial charge on any atom is 0.269 e. The first-order chi connectivity index (χ1) is 10.5. The number of nitrogens with two attached hydrogens (primary N) is 1. The predicted molar refractivity (Wildman–Crippen MR) is 84.7 cm³/mol. The van der Waals surface area contributed by atoms with Crippen molar-refractivity contribution in [2.45, 2.75) is 20.0 Å². The summed E-state index contributed by atoms with van der Waals surface area (Å²) in [6.45, 7) is 3.72. The van der Waals surface area contributed by atoms with Crippen molar-refractivity contribution in [3.05, 3.63) is 41.2 Å². The number of carbonyl (C=O) groups excluding carboxylic acids is 1. The number of ether oxygens (including phenoxy) is 1. The van der Waals surface area contributed by atoms with Crippen LogP contribution in [0.15, 0.2) is 30.6 Å². The highest BCUT2D eigenvalue weighted by Gasteiger charge is 2.12. The van der Waals surface area contributed by atoms with Gasteiger partial charge in [-0.1, -0.05) is 11.6 Å². The number of benzene rings is 1. The van der Waals surface area contributed by atoms with Crippen LogP contribution in [0.5, 0.6) is 5.88 Å². The maximum absolute atomic E-state index is 12.0. The van der Waals surface area contributed by atoms with Gasteiger partial charge in [-0.3, -0.25) is 15.6 Å². The molecule has 1 aromatic carbocycles. The molecule has 7 nitrogen and oxygen atoms in total. The zero-order valence-electron chi connectivity index (χ0n) is 12.1. The number of halogens is 1. The number of hydrogen-bond donors (Lipinski definition) is 3. The Bertz CT molecular complexity index is 661. The number of hydrazine groups is 1. The van der Waals surface area contributed by atoms with E-state index in [2.05, 4.69) is 20.8 Å². The fraction of sp³-hybridized carbons (Fsp3) is 0.214. The van der Waals surface area contributed by atoms with E-state index in [-0.39, 0.29) is 29.4 Å². The summed E-state index contributed by atoms with van der Waals surface area (Å²) in [5, 5.41) is 0.556. The first-order valence-corrected chi connectivity index (χ1v) is 6.94.